The first-order chi connectivity index (χ1) is 12.5. The Hall–Kier alpha value is -3.02. The molecule has 136 valence electrons. The van der Waals surface area contributed by atoms with Crippen molar-refractivity contribution in [3.63, 3.8) is 0 Å². The van der Waals surface area contributed by atoms with Crippen molar-refractivity contribution in [3.05, 3.63) is 58.0 Å². The molecule has 1 aliphatic heterocycles. The SMILES string of the molecule is COc1c(OC/C=C(\C)CC2C=C(C)C(=O)O2)ccc2ccc(=O)oc12. The van der Waals surface area contributed by atoms with Crippen LogP contribution in [0.15, 0.2) is 56.8 Å². The Balaban J connectivity index is 1.69. The zero-order valence-corrected chi connectivity index (χ0v) is 14.9. The second-order valence-corrected chi connectivity index (χ2v) is 6.13. The summed E-state index contributed by atoms with van der Waals surface area (Å²) in [6.07, 6.45) is 4.15. The van der Waals surface area contributed by atoms with Crippen LogP contribution in [0.25, 0.3) is 11.0 Å². The quantitative estimate of drug-likeness (QED) is 0.449. The molecule has 1 aliphatic rings. The molecule has 0 bridgehead atoms. The Kier molecular flexibility index (Phi) is 5.11. The number of hydrogen-bond acceptors (Lipinski definition) is 6. The zero-order chi connectivity index (χ0) is 18.7. The summed E-state index contributed by atoms with van der Waals surface area (Å²) in [5, 5.41) is 0.755. The Labute approximate surface area is 150 Å². The average Bonchev–Trinajstić information content (AvgIpc) is 2.91. The number of cyclic esters (lactones) is 1. The van der Waals surface area contributed by atoms with Gasteiger partial charge in [0.2, 0.25) is 5.75 Å². The highest BCUT2D eigenvalue weighted by Gasteiger charge is 2.22. The molecule has 1 atom stereocenters. The van der Waals surface area contributed by atoms with E-state index in [2.05, 4.69) is 0 Å². The fraction of sp³-hybridized carbons (Fsp3) is 0.300. The summed E-state index contributed by atoms with van der Waals surface area (Å²) in [5.41, 5.74) is 1.59. The topological polar surface area (TPSA) is 75.0 Å². The summed E-state index contributed by atoms with van der Waals surface area (Å²) in [6, 6.07) is 6.61. The maximum absolute atomic E-state index is 11.5. The van der Waals surface area contributed by atoms with Crippen molar-refractivity contribution >= 4 is 16.9 Å². The van der Waals surface area contributed by atoms with Crippen LogP contribution in [0, 0.1) is 0 Å². The molecule has 2 heterocycles. The van der Waals surface area contributed by atoms with E-state index in [1.54, 1.807) is 25.1 Å². The molecule has 6 nitrogen and oxygen atoms in total. The third kappa shape index (κ3) is 3.79. The van der Waals surface area contributed by atoms with Crippen LogP contribution < -0.4 is 15.1 Å². The molecule has 6 heteroatoms. The summed E-state index contributed by atoms with van der Waals surface area (Å²) < 4.78 is 21.6. The van der Waals surface area contributed by atoms with Crippen LogP contribution >= 0.6 is 0 Å². The highest BCUT2D eigenvalue weighted by atomic mass is 16.5. The molecule has 1 aromatic carbocycles. The van der Waals surface area contributed by atoms with E-state index in [1.807, 2.05) is 19.1 Å². The standard InChI is InChI=1S/C20H20O6/c1-12(10-15-11-13(2)20(22)25-15)8-9-24-16-6-4-14-5-7-17(21)26-18(14)19(16)23-3/h4-8,11,15H,9-10H2,1-3H3/b12-8+. The van der Waals surface area contributed by atoms with Gasteiger partial charge in [0.15, 0.2) is 11.3 Å². The number of carbonyl (C=O) groups excluding carboxylic acids is 1. The van der Waals surface area contributed by atoms with Crippen LogP contribution in [0.3, 0.4) is 0 Å². The van der Waals surface area contributed by atoms with Gasteiger partial charge in [-0.25, -0.2) is 9.59 Å². The van der Waals surface area contributed by atoms with Crippen molar-refractivity contribution in [2.24, 2.45) is 0 Å². The third-order valence-electron chi connectivity index (χ3n) is 4.12. The maximum atomic E-state index is 11.5. The highest BCUT2D eigenvalue weighted by Crippen LogP contribution is 2.34. The second kappa shape index (κ2) is 7.47. The van der Waals surface area contributed by atoms with Gasteiger partial charge < -0.3 is 18.6 Å². The van der Waals surface area contributed by atoms with E-state index < -0.39 is 5.63 Å². The summed E-state index contributed by atoms with van der Waals surface area (Å²) in [5.74, 6) is 0.609. The van der Waals surface area contributed by atoms with Crippen molar-refractivity contribution in [1.29, 1.82) is 0 Å². The number of ether oxygens (including phenoxy) is 3. The minimum absolute atomic E-state index is 0.219. The number of carbonyl (C=O) groups is 1. The number of rotatable bonds is 6. The van der Waals surface area contributed by atoms with Gasteiger partial charge in [-0.1, -0.05) is 5.57 Å². The van der Waals surface area contributed by atoms with Crippen LogP contribution in [0.2, 0.25) is 0 Å². The van der Waals surface area contributed by atoms with E-state index in [4.69, 9.17) is 18.6 Å². The van der Waals surface area contributed by atoms with Crippen LogP contribution in [0.4, 0.5) is 0 Å². The number of methoxy groups -OCH3 is 1. The molecule has 3 rings (SSSR count). The summed E-state index contributed by atoms with van der Waals surface area (Å²) in [6.45, 7) is 4.01. The molecule has 0 saturated heterocycles. The van der Waals surface area contributed by atoms with Gasteiger partial charge in [0.1, 0.15) is 12.7 Å². The first kappa shape index (κ1) is 17.8. The van der Waals surface area contributed by atoms with Gasteiger partial charge >= 0.3 is 11.6 Å². The summed E-state index contributed by atoms with van der Waals surface area (Å²) in [4.78, 5) is 22.9. The highest BCUT2D eigenvalue weighted by molar-refractivity contribution is 5.90. The minimum Gasteiger partial charge on any atom is -0.490 e. The van der Waals surface area contributed by atoms with Gasteiger partial charge in [-0.15, -0.1) is 0 Å². The molecule has 0 radical (unpaired) electrons. The van der Waals surface area contributed by atoms with E-state index in [0.29, 0.717) is 35.7 Å². The zero-order valence-electron chi connectivity index (χ0n) is 14.9. The molecule has 0 aliphatic carbocycles. The Morgan fingerprint density at radius 1 is 1.23 bits per heavy atom. The van der Waals surface area contributed by atoms with E-state index in [0.717, 1.165) is 11.0 Å². The van der Waals surface area contributed by atoms with Crippen LogP contribution in [-0.4, -0.2) is 25.8 Å². The second-order valence-electron chi connectivity index (χ2n) is 6.13. The van der Waals surface area contributed by atoms with E-state index >= 15 is 0 Å². The van der Waals surface area contributed by atoms with E-state index in [1.165, 1.54) is 13.2 Å². The van der Waals surface area contributed by atoms with Crippen LogP contribution in [-0.2, 0) is 9.53 Å². The van der Waals surface area contributed by atoms with E-state index in [-0.39, 0.29) is 12.1 Å². The first-order valence-corrected chi connectivity index (χ1v) is 8.26. The van der Waals surface area contributed by atoms with Crippen LogP contribution in [0.1, 0.15) is 20.3 Å². The smallest absolute Gasteiger partial charge is 0.336 e. The lowest BCUT2D eigenvalue weighted by Crippen LogP contribution is -2.08. The largest absolute Gasteiger partial charge is 0.490 e. The van der Waals surface area contributed by atoms with Crippen molar-refractivity contribution in [2.45, 2.75) is 26.4 Å². The molecular formula is C20H20O6. The van der Waals surface area contributed by atoms with Crippen molar-refractivity contribution < 1.29 is 23.4 Å². The number of benzene rings is 1. The Bertz CT molecular complexity index is 950. The number of fused-ring (bicyclic) bond motifs is 1. The number of hydrogen-bond donors (Lipinski definition) is 0. The lowest BCUT2D eigenvalue weighted by atomic mass is 10.1. The van der Waals surface area contributed by atoms with E-state index in [9.17, 15) is 9.59 Å². The van der Waals surface area contributed by atoms with Gasteiger partial charge in [-0.05, 0) is 44.2 Å². The average molecular weight is 356 g/mol. The summed E-state index contributed by atoms with van der Waals surface area (Å²) >= 11 is 0. The fourth-order valence-corrected chi connectivity index (χ4v) is 2.78. The lowest BCUT2D eigenvalue weighted by molar-refractivity contribution is -0.139. The monoisotopic (exact) mass is 356 g/mol. The normalized spacial score (nSPS) is 17.2. The van der Waals surface area contributed by atoms with Crippen molar-refractivity contribution in [1.82, 2.24) is 0 Å². The first-order valence-electron chi connectivity index (χ1n) is 8.26. The molecule has 26 heavy (non-hydrogen) atoms. The predicted octanol–water partition coefficient (Wildman–Crippen LogP) is 3.39. The molecule has 1 aromatic heterocycles. The Morgan fingerprint density at radius 3 is 2.69 bits per heavy atom. The van der Waals surface area contributed by atoms with Gasteiger partial charge in [0, 0.05) is 23.4 Å². The molecule has 0 spiro atoms. The van der Waals surface area contributed by atoms with Gasteiger partial charge in [-0.3, -0.25) is 0 Å². The van der Waals surface area contributed by atoms with Gasteiger partial charge in [-0.2, -0.15) is 0 Å². The Morgan fingerprint density at radius 2 is 2.00 bits per heavy atom. The summed E-state index contributed by atoms with van der Waals surface area (Å²) in [7, 11) is 1.50. The molecule has 0 saturated carbocycles. The predicted molar refractivity (Wildman–Crippen MR) is 96.5 cm³/mol. The van der Waals surface area contributed by atoms with Gasteiger partial charge in [0.25, 0.3) is 0 Å². The van der Waals surface area contributed by atoms with Crippen molar-refractivity contribution in [3.8, 4) is 11.5 Å². The van der Waals surface area contributed by atoms with Crippen LogP contribution in [0.5, 0.6) is 11.5 Å². The fourth-order valence-electron chi connectivity index (χ4n) is 2.78. The molecule has 1 unspecified atom stereocenters. The molecular weight excluding hydrogens is 336 g/mol. The number of esters is 1. The van der Waals surface area contributed by atoms with Crippen molar-refractivity contribution in [2.75, 3.05) is 13.7 Å². The lowest BCUT2D eigenvalue weighted by Gasteiger charge is -2.12. The molecule has 0 fully saturated rings. The molecule has 0 amide bonds. The minimum atomic E-state index is -0.446. The third-order valence-corrected chi connectivity index (χ3v) is 4.12. The molecule has 2 aromatic rings. The van der Waals surface area contributed by atoms with Gasteiger partial charge in [0.05, 0.1) is 7.11 Å². The molecule has 0 N–H and O–H groups in total. The maximum Gasteiger partial charge on any atom is 0.336 e.